The minimum Gasteiger partial charge on any atom is -0.399 e. The third kappa shape index (κ3) is 3.46. The highest BCUT2D eigenvalue weighted by Gasteiger charge is 2.52. The predicted molar refractivity (Wildman–Crippen MR) is 122 cm³/mol. The maximum absolute atomic E-state index is 10.1. The van der Waals surface area contributed by atoms with Crippen molar-refractivity contribution in [2.45, 2.75) is 25.8 Å². The van der Waals surface area contributed by atoms with Crippen LogP contribution in [-0.4, -0.2) is 18.0 Å². The van der Waals surface area contributed by atoms with Crippen molar-refractivity contribution in [1.29, 1.82) is 15.8 Å². The minimum absolute atomic E-state index is 0.0774. The van der Waals surface area contributed by atoms with Gasteiger partial charge in [-0.15, -0.1) is 0 Å². The molecule has 0 saturated carbocycles. The Morgan fingerprint density at radius 3 is 2.28 bits per heavy atom. The van der Waals surface area contributed by atoms with Crippen LogP contribution in [0.2, 0.25) is 0 Å². The molecule has 32 heavy (non-hydrogen) atoms. The number of nitrogens with zero attached hydrogens (tertiary/aromatic N) is 4. The first-order chi connectivity index (χ1) is 15.6. The monoisotopic (exact) mass is 419 g/mol. The molecular formula is C27H25N5. The van der Waals surface area contributed by atoms with Crippen molar-refractivity contribution in [2.24, 2.45) is 17.1 Å². The zero-order valence-electron chi connectivity index (χ0n) is 18.1. The van der Waals surface area contributed by atoms with Gasteiger partial charge in [-0.2, -0.15) is 15.8 Å². The van der Waals surface area contributed by atoms with Crippen LogP contribution in [-0.2, 0) is 13.0 Å². The number of rotatable bonds is 4. The highest BCUT2D eigenvalue weighted by atomic mass is 15.1. The molecule has 5 nitrogen and oxygen atoms in total. The van der Waals surface area contributed by atoms with Crippen molar-refractivity contribution in [3.05, 3.63) is 94.2 Å². The molecule has 0 spiro atoms. The number of nitrogens with two attached hydrogens (primary N) is 1. The summed E-state index contributed by atoms with van der Waals surface area (Å²) < 4.78 is 0. The summed E-state index contributed by atoms with van der Waals surface area (Å²) in [5.41, 5.74) is 9.35. The molecule has 2 atom stereocenters. The summed E-state index contributed by atoms with van der Waals surface area (Å²) >= 11 is 0. The molecule has 1 aliphatic carbocycles. The van der Waals surface area contributed by atoms with Crippen molar-refractivity contribution in [3.8, 4) is 18.2 Å². The summed E-state index contributed by atoms with van der Waals surface area (Å²) in [6.45, 7) is 4.13. The van der Waals surface area contributed by atoms with Crippen LogP contribution < -0.4 is 5.73 Å². The first-order valence-corrected chi connectivity index (χ1v) is 10.9. The van der Waals surface area contributed by atoms with Crippen molar-refractivity contribution in [3.63, 3.8) is 0 Å². The Morgan fingerprint density at radius 2 is 1.69 bits per heavy atom. The summed E-state index contributed by atoms with van der Waals surface area (Å²) in [6.07, 6.45) is 2.91. The highest BCUT2D eigenvalue weighted by molar-refractivity contribution is 5.58. The minimum atomic E-state index is -1.59. The Kier molecular flexibility index (Phi) is 5.83. The summed E-state index contributed by atoms with van der Waals surface area (Å²) in [5.74, 6) is -0.466. The number of nitriles is 3. The number of hydrogen-bond donors (Lipinski definition) is 1. The second-order valence-corrected chi connectivity index (χ2v) is 8.43. The maximum Gasteiger partial charge on any atom is 0.204 e. The van der Waals surface area contributed by atoms with Crippen molar-refractivity contribution in [1.82, 2.24) is 4.90 Å². The van der Waals surface area contributed by atoms with Gasteiger partial charge >= 0.3 is 0 Å². The summed E-state index contributed by atoms with van der Waals surface area (Å²) in [4.78, 5) is 2.30. The molecule has 0 bridgehead atoms. The van der Waals surface area contributed by atoms with Gasteiger partial charge in [0.2, 0.25) is 5.41 Å². The van der Waals surface area contributed by atoms with Crippen molar-refractivity contribution in [2.75, 3.05) is 13.1 Å². The van der Waals surface area contributed by atoms with Crippen LogP contribution in [0.15, 0.2) is 77.5 Å². The molecule has 2 aromatic carbocycles. The van der Waals surface area contributed by atoms with E-state index < -0.39 is 5.41 Å². The lowest BCUT2D eigenvalue weighted by Gasteiger charge is -2.45. The highest BCUT2D eigenvalue weighted by Crippen LogP contribution is 2.52. The standard InChI is InChI=1S/C27H25N5/c1-2-19-8-10-21(11-9-19)25-22(14-28)26(31)27(17-29,18-30)24-12-13-32(16-23(24)25)15-20-6-4-3-5-7-20/h3-12,23,25H,2,13,15-16,31H2,1H3/t23-,25+/m0/s1. The van der Waals surface area contributed by atoms with Gasteiger partial charge in [0.05, 0.1) is 29.5 Å². The Hall–Kier alpha value is -3.85. The smallest absolute Gasteiger partial charge is 0.204 e. The van der Waals surface area contributed by atoms with E-state index in [1.54, 1.807) is 0 Å². The molecule has 2 aromatic rings. The Balaban J connectivity index is 1.82. The van der Waals surface area contributed by atoms with Gasteiger partial charge in [-0.1, -0.05) is 67.6 Å². The lowest BCUT2D eigenvalue weighted by atomic mass is 9.60. The zero-order chi connectivity index (χ0) is 22.7. The van der Waals surface area contributed by atoms with E-state index in [2.05, 4.69) is 54.3 Å². The topological polar surface area (TPSA) is 101 Å². The average Bonchev–Trinajstić information content (AvgIpc) is 2.84. The van der Waals surface area contributed by atoms with Gasteiger partial charge in [-0.25, -0.2) is 0 Å². The quantitative estimate of drug-likeness (QED) is 0.750. The Bertz CT molecular complexity index is 1170. The van der Waals surface area contributed by atoms with E-state index >= 15 is 0 Å². The van der Waals surface area contributed by atoms with E-state index in [0.29, 0.717) is 18.7 Å². The van der Waals surface area contributed by atoms with Gasteiger partial charge in [0.25, 0.3) is 0 Å². The number of hydrogen-bond acceptors (Lipinski definition) is 5. The first-order valence-electron chi connectivity index (χ1n) is 10.9. The van der Waals surface area contributed by atoms with Gasteiger partial charge in [-0.05, 0) is 28.7 Å². The third-order valence-electron chi connectivity index (χ3n) is 6.72. The lowest BCUT2D eigenvalue weighted by molar-refractivity contribution is 0.218. The second-order valence-electron chi connectivity index (χ2n) is 8.43. The number of benzene rings is 2. The van der Waals surface area contributed by atoms with Crippen molar-refractivity contribution < 1.29 is 0 Å². The van der Waals surface area contributed by atoms with Crippen LogP contribution in [0, 0.1) is 45.3 Å². The van der Waals surface area contributed by atoms with Crippen LogP contribution in [0.25, 0.3) is 0 Å². The van der Waals surface area contributed by atoms with Gasteiger partial charge in [0.1, 0.15) is 0 Å². The number of aryl methyl sites for hydroxylation is 1. The van der Waals surface area contributed by atoms with E-state index in [4.69, 9.17) is 5.73 Å². The average molecular weight is 420 g/mol. The van der Waals surface area contributed by atoms with Gasteiger partial charge in [0, 0.05) is 31.5 Å². The fraction of sp³-hybridized carbons (Fsp3) is 0.296. The molecule has 2 N–H and O–H groups in total. The number of allylic oxidation sites excluding steroid dienone is 2. The molecule has 0 radical (unpaired) electrons. The lowest BCUT2D eigenvalue weighted by Crippen LogP contribution is -2.47. The summed E-state index contributed by atoms with van der Waals surface area (Å²) in [5, 5.41) is 30.1. The fourth-order valence-electron chi connectivity index (χ4n) is 5.01. The van der Waals surface area contributed by atoms with E-state index in [1.807, 2.05) is 36.4 Å². The molecule has 1 heterocycles. The molecule has 158 valence electrons. The molecule has 1 aliphatic heterocycles. The molecule has 4 rings (SSSR count). The van der Waals surface area contributed by atoms with Crippen LogP contribution in [0.4, 0.5) is 0 Å². The van der Waals surface area contributed by atoms with Crippen LogP contribution in [0.5, 0.6) is 0 Å². The SMILES string of the molecule is CCc1ccc([C@@H]2C(C#N)=C(N)C(C#N)(C#N)C3=CCN(Cc4ccccc4)C[C@@H]32)cc1. The van der Waals surface area contributed by atoms with E-state index in [9.17, 15) is 15.8 Å². The normalized spacial score (nSPS) is 22.1. The maximum atomic E-state index is 10.1. The zero-order valence-corrected chi connectivity index (χ0v) is 18.1. The largest absolute Gasteiger partial charge is 0.399 e. The molecular weight excluding hydrogens is 394 g/mol. The molecule has 0 saturated heterocycles. The Labute approximate surface area is 189 Å². The van der Waals surface area contributed by atoms with Gasteiger partial charge in [-0.3, -0.25) is 4.90 Å². The Morgan fingerprint density at radius 1 is 1.00 bits per heavy atom. The van der Waals surface area contributed by atoms with E-state index in [-0.39, 0.29) is 17.5 Å². The summed E-state index contributed by atoms with van der Waals surface area (Å²) in [7, 11) is 0. The van der Waals surface area contributed by atoms with Crippen LogP contribution in [0.3, 0.4) is 0 Å². The predicted octanol–water partition coefficient (Wildman–Crippen LogP) is 4.17. The van der Waals surface area contributed by atoms with Crippen LogP contribution in [0.1, 0.15) is 29.5 Å². The summed E-state index contributed by atoms with van der Waals surface area (Å²) in [6, 6.07) is 25.0. The fourth-order valence-corrected chi connectivity index (χ4v) is 5.01. The van der Waals surface area contributed by atoms with E-state index in [1.165, 1.54) is 11.1 Å². The second kappa shape index (κ2) is 8.72. The third-order valence-corrected chi connectivity index (χ3v) is 6.72. The molecule has 2 aliphatic rings. The first kappa shape index (κ1) is 21.4. The van der Waals surface area contributed by atoms with Crippen molar-refractivity contribution >= 4 is 0 Å². The molecule has 0 fully saturated rings. The molecule has 5 heteroatoms. The van der Waals surface area contributed by atoms with E-state index in [0.717, 1.165) is 24.1 Å². The molecule has 0 amide bonds. The number of fused-ring (bicyclic) bond motifs is 1. The molecule has 0 aromatic heterocycles. The van der Waals surface area contributed by atoms with Crippen LogP contribution >= 0.6 is 0 Å². The van der Waals surface area contributed by atoms with Gasteiger partial charge in [0.15, 0.2) is 0 Å². The molecule has 0 unspecified atom stereocenters. The van der Waals surface area contributed by atoms with Gasteiger partial charge < -0.3 is 5.73 Å².